The first kappa shape index (κ1) is 10.1. The van der Waals surface area contributed by atoms with Crippen molar-refractivity contribution in [1.29, 1.82) is 0 Å². The van der Waals surface area contributed by atoms with Crippen LogP contribution >= 0.6 is 12.6 Å². The predicted molar refractivity (Wildman–Crippen MR) is 58.4 cm³/mol. The van der Waals surface area contributed by atoms with Crippen LogP contribution in [0.1, 0.15) is 5.56 Å². The van der Waals surface area contributed by atoms with Gasteiger partial charge in [-0.1, -0.05) is 18.2 Å². The molecule has 0 unspecified atom stereocenters. The molecule has 70 valence electrons. The minimum absolute atomic E-state index is 0.0117. The molecule has 13 heavy (non-hydrogen) atoms. The fourth-order valence-electron chi connectivity index (χ4n) is 1.18. The molecule has 0 bridgehead atoms. The van der Waals surface area contributed by atoms with E-state index in [1.54, 1.807) is 11.9 Å². The topological polar surface area (TPSA) is 20.3 Å². The molecule has 0 radical (unpaired) electrons. The van der Waals surface area contributed by atoms with Gasteiger partial charge in [-0.05, 0) is 18.6 Å². The molecule has 0 aliphatic heterocycles. The molecule has 0 aliphatic carbocycles. The third kappa shape index (κ3) is 2.25. The van der Waals surface area contributed by atoms with Crippen LogP contribution in [0.5, 0.6) is 0 Å². The minimum atomic E-state index is 0.0117. The summed E-state index contributed by atoms with van der Waals surface area (Å²) in [5.41, 5.74) is 2.04. The summed E-state index contributed by atoms with van der Waals surface area (Å²) in [5, 5.41) is 0. The van der Waals surface area contributed by atoms with Crippen LogP contribution in [-0.2, 0) is 4.79 Å². The summed E-state index contributed by atoms with van der Waals surface area (Å²) >= 11 is 3.95. The van der Waals surface area contributed by atoms with Crippen LogP contribution in [0, 0.1) is 6.92 Å². The maximum absolute atomic E-state index is 11.3. The van der Waals surface area contributed by atoms with Crippen molar-refractivity contribution in [3.8, 4) is 0 Å². The van der Waals surface area contributed by atoms with Crippen molar-refractivity contribution in [1.82, 2.24) is 0 Å². The van der Waals surface area contributed by atoms with E-state index in [-0.39, 0.29) is 11.7 Å². The molecule has 0 aliphatic rings. The molecule has 0 saturated heterocycles. The maximum atomic E-state index is 11.3. The highest BCUT2D eigenvalue weighted by Crippen LogP contribution is 2.17. The van der Waals surface area contributed by atoms with Gasteiger partial charge in [0, 0.05) is 12.7 Å². The molecule has 0 spiro atoms. The third-order valence-electron chi connectivity index (χ3n) is 1.99. The van der Waals surface area contributed by atoms with Gasteiger partial charge in [0.1, 0.15) is 0 Å². The van der Waals surface area contributed by atoms with Crippen molar-refractivity contribution in [2.45, 2.75) is 6.92 Å². The smallest absolute Gasteiger partial charge is 0.236 e. The van der Waals surface area contributed by atoms with Crippen LogP contribution in [0.3, 0.4) is 0 Å². The lowest BCUT2D eigenvalue weighted by Gasteiger charge is -2.18. The number of anilines is 1. The van der Waals surface area contributed by atoms with E-state index in [0.717, 1.165) is 11.3 Å². The van der Waals surface area contributed by atoms with Crippen LogP contribution < -0.4 is 4.90 Å². The Morgan fingerprint density at radius 1 is 1.46 bits per heavy atom. The minimum Gasteiger partial charge on any atom is -0.315 e. The number of carbonyl (C=O) groups is 1. The fourth-order valence-corrected chi connectivity index (χ4v) is 1.39. The number of benzene rings is 1. The lowest BCUT2D eigenvalue weighted by molar-refractivity contribution is -0.115. The van der Waals surface area contributed by atoms with E-state index in [0.29, 0.717) is 0 Å². The van der Waals surface area contributed by atoms with Crippen LogP contribution in [0.25, 0.3) is 0 Å². The lowest BCUT2D eigenvalue weighted by Crippen LogP contribution is -2.27. The van der Waals surface area contributed by atoms with E-state index in [1.165, 1.54) is 0 Å². The van der Waals surface area contributed by atoms with Crippen LogP contribution in [0.2, 0.25) is 0 Å². The highest BCUT2D eigenvalue weighted by molar-refractivity contribution is 7.81. The standard InChI is InChI=1S/C10H13NOS/c1-8-5-3-4-6-9(8)11(2)10(12)7-13/h3-6,13H,7H2,1-2H3. The number of para-hydroxylation sites is 1. The number of hydrogen-bond donors (Lipinski definition) is 1. The van der Waals surface area contributed by atoms with Crippen LogP contribution in [0.15, 0.2) is 24.3 Å². The number of thiol groups is 1. The second-order valence-corrected chi connectivity index (χ2v) is 3.21. The number of aryl methyl sites for hydroxylation is 1. The van der Waals surface area contributed by atoms with E-state index in [1.807, 2.05) is 31.2 Å². The summed E-state index contributed by atoms with van der Waals surface area (Å²) in [6.07, 6.45) is 0. The molecule has 0 saturated carbocycles. The van der Waals surface area contributed by atoms with Crippen LogP contribution in [0.4, 0.5) is 5.69 Å². The molecule has 2 nitrogen and oxygen atoms in total. The summed E-state index contributed by atoms with van der Waals surface area (Å²) in [4.78, 5) is 12.9. The summed E-state index contributed by atoms with van der Waals surface area (Å²) in [6.45, 7) is 1.98. The van der Waals surface area contributed by atoms with Gasteiger partial charge in [-0.2, -0.15) is 12.6 Å². The Labute approximate surface area is 84.0 Å². The Kier molecular flexibility index (Phi) is 3.37. The van der Waals surface area contributed by atoms with E-state index in [2.05, 4.69) is 12.6 Å². The number of carbonyl (C=O) groups excluding carboxylic acids is 1. The van der Waals surface area contributed by atoms with Gasteiger partial charge in [0.25, 0.3) is 0 Å². The fraction of sp³-hybridized carbons (Fsp3) is 0.300. The van der Waals surface area contributed by atoms with Crippen molar-refractivity contribution >= 4 is 24.2 Å². The summed E-state index contributed by atoms with van der Waals surface area (Å²) < 4.78 is 0. The zero-order valence-electron chi connectivity index (χ0n) is 7.82. The molecule has 0 heterocycles. The average molecular weight is 195 g/mol. The summed E-state index contributed by atoms with van der Waals surface area (Å²) in [5.74, 6) is 0.253. The van der Waals surface area contributed by atoms with Crippen molar-refractivity contribution < 1.29 is 4.79 Å². The molecule has 0 atom stereocenters. The molecular formula is C10H13NOS. The number of rotatable bonds is 2. The lowest BCUT2D eigenvalue weighted by atomic mass is 10.2. The third-order valence-corrected chi connectivity index (χ3v) is 2.26. The highest BCUT2D eigenvalue weighted by Gasteiger charge is 2.09. The quantitative estimate of drug-likeness (QED) is 0.714. The zero-order valence-corrected chi connectivity index (χ0v) is 8.71. The Hall–Kier alpha value is -0.960. The van der Waals surface area contributed by atoms with Gasteiger partial charge in [-0.15, -0.1) is 0 Å². The van der Waals surface area contributed by atoms with Crippen molar-refractivity contribution in [3.05, 3.63) is 29.8 Å². The zero-order chi connectivity index (χ0) is 9.84. The first-order valence-corrected chi connectivity index (χ1v) is 4.73. The first-order valence-electron chi connectivity index (χ1n) is 4.10. The molecule has 1 rings (SSSR count). The second kappa shape index (κ2) is 4.33. The maximum Gasteiger partial charge on any atom is 0.236 e. The Bertz CT molecular complexity index is 312. The van der Waals surface area contributed by atoms with E-state index < -0.39 is 0 Å². The number of hydrogen-bond acceptors (Lipinski definition) is 2. The normalized spacial score (nSPS) is 9.77. The number of nitrogens with zero attached hydrogens (tertiary/aromatic N) is 1. The molecule has 3 heteroatoms. The molecular weight excluding hydrogens is 182 g/mol. The number of amides is 1. The monoisotopic (exact) mass is 195 g/mol. The average Bonchev–Trinajstić information content (AvgIpc) is 2.16. The van der Waals surface area contributed by atoms with Gasteiger partial charge >= 0.3 is 0 Å². The van der Waals surface area contributed by atoms with Gasteiger partial charge < -0.3 is 4.90 Å². The Balaban J connectivity index is 2.95. The first-order chi connectivity index (χ1) is 6.16. The second-order valence-electron chi connectivity index (χ2n) is 2.90. The van der Waals surface area contributed by atoms with E-state index >= 15 is 0 Å². The highest BCUT2D eigenvalue weighted by atomic mass is 32.1. The summed E-state index contributed by atoms with van der Waals surface area (Å²) in [6, 6.07) is 7.79. The molecule has 1 aromatic rings. The van der Waals surface area contributed by atoms with Gasteiger partial charge in [0.05, 0.1) is 5.75 Å². The molecule has 1 aromatic carbocycles. The van der Waals surface area contributed by atoms with Gasteiger partial charge in [-0.3, -0.25) is 4.79 Å². The summed E-state index contributed by atoms with van der Waals surface area (Å²) in [7, 11) is 1.76. The van der Waals surface area contributed by atoms with E-state index in [9.17, 15) is 4.79 Å². The largest absolute Gasteiger partial charge is 0.315 e. The van der Waals surface area contributed by atoms with Crippen molar-refractivity contribution in [2.24, 2.45) is 0 Å². The predicted octanol–water partition coefficient (Wildman–Crippen LogP) is 1.89. The van der Waals surface area contributed by atoms with Crippen molar-refractivity contribution in [2.75, 3.05) is 17.7 Å². The molecule has 1 amide bonds. The Morgan fingerprint density at radius 2 is 2.08 bits per heavy atom. The van der Waals surface area contributed by atoms with Crippen LogP contribution in [-0.4, -0.2) is 18.7 Å². The Morgan fingerprint density at radius 3 is 2.62 bits per heavy atom. The molecule has 0 aromatic heterocycles. The van der Waals surface area contributed by atoms with E-state index in [4.69, 9.17) is 0 Å². The molecule has 0 fully saturated rings. The molecule has 0 N–H and O–H groups in total. The SMILES string of the molecule is Cc1ccccc1N(C)C(=O)CS. The van der Waals surface area contributed by atoms with Crippen molar-refractivity contribution in [3.63, 3.8) is 0 Å². The van der Waals surface area contributed by atoms with Gasteiger partial charge in [0.2, 0.25) is 5.91 Å². The van der Waals surface area contributed by atoms with Gasteiger partial charge in [0.15, 0.2) is 0 Å². The van der Waals surface area contributed by atoms with Gasteiger partial charge in [-0.25, -0.2) is 0 Å².